The van der Waals surface area contributed by atoms with E-state index in [-0.39, 0.29) is 6.61 Å². The largest absolute Gasteiger partial charge is 0.392 e. The van der Waals surface area contributed by atoms with Gasteiger partial charge in [-0.1, -0.05) is 0 Å². The van der Waals surface area contributed by atoms with Gasteiger partial charge in [-0.2, -0.15) is 4.68 Å². The second-order valence-electron chi connectivity index (χ2n) is 3.16. The van der Waals surface area contributed by atoms with Crippen LogP contribution in [0.4, 0.5) is 0 Å². The highest BCUT2D eigenvalue weighted by molar-refractivity contribution is 5.32. The van der Waals surface area contributed by atoms with Crippen LogP contribution in [-0.4, -0.2) is 37.4 Å². The van der Waals surface area contributed by atoms with E-state index in [1.54, 1.807) is 19.4 Å². The van der Waals surface area contributed by atoms with Crippen LogP contribution in [0.3, 0.4) is 0 Å². The highest BCUT2D eigenvalue weighted by atomic mass is 16.5. The fraction of sp³-hybridized carbons (Fsp3) is 0.333. The first-order valence-electron chi connectivity index (χ1n) is 4.66. The normalized spacial score (nSPS) is 10.6. The van der Waals surface area contributed by atoms with Gasteiger partial charge >= 0.3 is 0 Å². The molecule has 2 rings (SSSR count). The topological polar surface area (TPSA) is 86.0 Å². The average molecular weight is 221 g/mol. The van der Waals surface area contributed by atoms with Crippen LogP contribution >= 0.6 is 0 Å². The second-order valence-corrected chi connectivity index (χ2v) is 3.16. The van der Waals surface area contributed by atoms with Crippen molar-refractivity contribution in [2.24, 2.45) is 0 Å². The summed E-state index contributed by atoms with van der Waals surface area (Å²) in [7, 11) is 1.59. The van der Waals surface area contributed by atoms with E-state index < -0.39 is 0 Å². The van der Waals surface area contributed by atoms with Gasteiger partial charge in [0.2, 0.25) is 0 Å². The van der Waals surface area contributed by atoms with Gasteiger partial charge in [0.25, 0.3) is 0 Å². The standard InChI is InChI=1S/C9H11N5O2/c1-16-5-8-3-10-9(2-7(8)4-15)14-6-11-12-13-14/h2-3,6,15H,4-5H2,1H3. The minimum atomic E-state index is -0.0731. The lowest BCUT2D eigenvalue weighted by Crippen LogP contribution is -2.03. The zero-order valence-corrected chi connectivity index (χ0v) is 8.74. The smallest absolute Gasteiger partial charge is 0.157 e. The maximum atomic E-state index is 9.22. The van der Waals surface area contributed by atoms with Crippen LogP contribution in [0.5, 0.6) is 0 Å². The number of ether oxygens (including phenoxy) is 1. The molecule has 0 bridgehead atoms. The molecule has 0 spiro atoms. The summed E-state index contributed by atoms with van der Waals surface area (Å²) in [5.41, 5.74) is 1.60. The number of aliphatic hydroxyl groups excluding tert-OH is 1. The highest BCUT2D eigenvalue weighted by Gasteiger charge is 2.06. The molecule has 2 aromatic heterocycles. The molecule has 2 aromatic rings. The Labute approximate surface area is 91.7 Å². The molecule has 0 unspecified atom stereocenters. The van der Waals surface area contributed by atoms with Gasteiger partial charge in [-0.05, 0) is 22.1 Å². The maximum absolute atomic E-state index is 9.22. The SMILES string of the molecule is COCc1cnc(-n2cnnn2)cc1CO. The van der Waals surface area contributed by atoms with Crippen LogP contribution in [0.15, 0.2) is 18.6 Å². The first-order valence-corrected chi connectivity index (χ1v) is 4.66. The lowest BCUT2D eigenvalue weighted by Gasteiger charge is -2.07. The number of pyridine rings is 1. The van der Waals surface area contributed by atoms with Crippen molar-refractivity contribution in [3.63, 3.8) is 0 Å². The Bertz CT molecular complexity index is 457. The molecule has 16 heavy (non-hydrogen) atoms. The lowest BCUT2D eigenvalue weighted by molar-refractivity contribution is 0.181. The van der Waals surface area contributed by atoms with Crippen LogP contribution in [-0.2, 0) is 18.0 Å². The predicted molar refractivity (Wildman–Crippen MR) is 53.6 cm³/mol. The quantitative estimate of drug-likeness (QED) is 0.762. The summed E-state index contributed by atoms with van der Waals surface area (Å²) in [6.45, 7) is 0.342. The Kier molecular flexibility index (Phi) is 3.18. The van der Waals surface area contributed by atoms with E-state index >= 15 is 0 Å². The van der Waals surface area contributed by atoms with Crippen molar-refractivity contribution in [2.45, 2.75) is 13.2 Å². The zero-order valence-electron chi connectivity index (χ0n) is 8.74. The van der Waals surface area contributed by atoms with Crippen molar-refractivity contribution < 1.29 is 9.84 Å². The predicted octanol–water partition coefficient (Wildman–Crippen LogP) is -0.304. The molecular formula is C9H11N5O2. The Morgan fingerprint density at radius 1 is 1.44 bits per heavy atom. The average Bonchev–Trinajstić information content (AvgIpc) is 2.83. The fourth-order valence-corrected chi connectivity index (χ4v) is 1.34. The summed E-state index contributed by atoms with van der Waals surface area (Å²) in [6, 6.07) is 1.73. The van der Waals surface area contributed by atoms with Crippen molar-refractivity contribution >= 4 is 0 Å². The van der Waals surface area contributed by atoms with Crippen molar-refractivity contribution in [3.8, 4) is 5.82 Å². The molecule has 0 aliphatic heterocycles. The van der Waals surface area contributed by atoms with Crippen LogP contribution in [0.1, 0.15) is 11.1 Å². The summed E-state index contributed by atoms with van der Waals surface area (Å²) in [6.07, 6.45) is 3.09. The molecule has 0 amide bonds. The fourth-order valence-electron chi connectivity index (χ4n) is 1.34. The number of hydrogen-bond donors (Lipinski definition) is 1. The summed E-state index contributed by atoms with van der Waals surface area (Å²) >= 11 is 0. The van der Waals surface area contributed by atoms with Crippen LogP contribution in [0, 0.1) is 0 Å². The van der Waals surface area contributed by atoms with E-state index in [0.717, 1.165) is 11.1 Å². The Morgan fingerprint density at radius 3 is 2.94 bits per heavy atom. The van der Waals surface area contributed by atoms with Gasteiger partial charge in [-0.25, -0.2) is 4.98 Å². The molecule has 0 aliphatic carbocycles. The first-order chi connectivity index (χ1) is 7.85. The number of rotatable bonds is 4. The van der Waals surface area contributed by atoms with E-state index in [2.05, 4.69) is 20.5 Å². The van der Waals surface area contributed by atoms with Gasteiger partial charge in [0.05, 0.1) is 13.2 Å². The molecule has 7 heteroatoms. The van der Waals surface area contributed by atoms with Gasteiger partial charge in [-0.15, -0.1) is 5.10 Å². The number of methoxy groups -OCH3 is 1. The van der Waals surface area contributed by atoms with E-state index in [0.29, 0.717) is 12.4 Å². The molecule has 0 aliphatic rings. The van der Waals surface area contributed by atoms with Gasteiger partial charge < -0.3 is 9.84 Å². The molecule has 0 fully saturated rings. The van der Waals surface area contributed by atoms with Crippen LogP contribution < -0.4 is 0 Å². The number of aromatic nitrogens is 5. The van der Waals surface area contributed by atoms with Crippen molar-refractivity contribution in [1.82, 2.24) is 25.2 Å². The molecule has 0 radical (unpaired) electrons. The minimum absolute atomic E-state index is 0.0731. The molecule has 1 N–H and O–H groups in total. The van der Waals surface area contributed by atoms with Crippen molar-refractivity contribution in [2.75, 3.05) is 7.11 Å². The number of aliphatic hydroxyl groups is 1. The van der Waals surface area contributed by atoms with Crippen molar-refractivity contribution in [3.05, 3.63) is 29.7 Å². The summed E-state index contributed by atoms with van der Waals surface area (Å²) in [5, 5.41) is 20.0. The van der Waals surface area contributed by atoms with E-state index in [1.165, 1.54) is 11.0 Å². The summed E-state index contributed by atoms with van der Waals surface area (Å²) in [4.78, 5) is 4.18. The Balaban J connectivity index is 2.36. The number of hydrogen-bond acceptors (Lipinski definition) is 6. The molecular weight excluding hydrogens is 210 g/mol. The minimum Gasteiger partial charge on any atom is -0.392 e. The Morgan fingerprint density at radius 2 is 2.31 bits per heavy atom. The first kappa shape index (κ1) is 10.7. The van der Waals surface area contributed by atoms with E-state index in [4.69, 9.17) is 4.74 Å². The monoisotopic (exact) mass is 221 g/mol. The van der Waals surface area contributed by atoms with Crippen molar-refractivity contribution in [1.29, 1.82) is 0 Å². The highest BCUT2D eigenvalue weighted by Crippen LogP contribution is 2.12. The van der Waals surface area contributed by atoms with E-state index in [1.807, 2.05) is 0 Å². The summed E-state index contributed by atoms with van der Waals surface area (Å²) < 4.78 is 6.43. The molecule has 0 saturated heterocycles. The van der Waals surface area contributed by atoms with Gasteiger partial charge in [0.1, 0.15) is 6.33 Å². The number of tetrazole rings is 1. The third kappa shape index (κ3) is 2.05. The molecule has 0 atom stereocenters. The lowest BCUT2D eigenvalue weighted by atomic mass is 10.1. The van der Waals surface area contributed by atoms with Crippen LogP contribution in [0.2, 0.25) is 0 Å². The third-order valence-electron chi connectivity index (χ3n) is 2.12. The zero-order chi connectivity index (χ0) is 11.4. The number of nitrogens with zero attached hydrogens (tertiary/aromatic N) is 5. The molecule has 0 aromatic carbocycles. The Hall–Kier alpha value is -1.86. The van der Waals surface area contributed by atoms with E-state index in [9.17, 15) is 5.11 Å². The summed E-state index contributed by atoms with van der Waals surface area (Å²) in [5.74, 6) is 0.564. The van der Waals surface area contributed by atoms with Gasteiger partial charge in [0.15, 0.2) is 5.82 Å². The molecule has 7 nitrogen and oxygen atoms in total. The molecule has 2 heterocycles. The molecule has 0 saturated carbocycles. The molecule has 84 valence electrons. The van der Waals surface area contributed by atoms with Crippen LogP contribution in [0.25, 0.3) is 5.82 Å². The second kappa shape index (κ2) is 4.77. The maximum Gasteiger partial charge on any atom is 0.157 e. The van der Waals surface area contributed by atoms with Gasteiger partial charge in [0, 0.05) is 18.9 Å². The van der Waals surface area contributed by atoms with Gasteiger partial charge in [-0.3, -0.25) is 0 Å². The third-order valence-corrected chi connectivity index (χ3v) is 2.12.